The Morgan fingerprint density at radius 2 is 2.00 bits per heavy atom. The zero-order valence-electron chi connectivity index (χ0n) is 6.37. The number of H-pyrrole nitrogens is 1. The Balaban J connectivity index is 2.93. The van der Waals surface area contributed by atoms with Gasteiger partial charge in [0.2, 0.25) is 0 Å². The van der Waals surface area contributed by atoms with Crippen molar-refractivity contribution in [1.29, 1.82) is 0 Å². The summed E-state index contributed by atoms with van der Waals surface area (Å²) in [5.41, 5.74) is 0.969. The molecule has 1 aromatic carbocycles. The standard InChI is InChI=1S/C9H6NO.Sn.H/c11-9-6-5-7-3-1-2-4-8(7)10-9;;/h1-5H,(H,10,11);;. The second kappa shape index (κ2) is 2.93. The molecule has 3 heteroatoms. The SMILES string of the molecule is O=c1[nH]c2ccccc2c[c]1[SnH]. The minimum atomic E-state index is 0.0519. The van der Waals surface area contributed by atoms with Gasteiger partial charge in [-0.3, -0.25) is 0 Å². The number of aromatic amines is 1. The summed E-state index contributed by atoms with van der Waals surface area (Å²) in [5, 5.41) is 1.11. The molecule has 2 rings (SSSR count). The van der Waals surface area contributed by atoms with Crippen LogP contribution in [-0.2, 0) is 0 Å². The van der Waals surface area contributed by atoms with Crippen LogP contribution in [0.3, 0.4) is 0 Å². The monoisotopic (exact) mass is 265 g/mol. The molecule has 12 heavy (non-hydrogen) atoms. The van der Waals surface area contributed by atoms with Gasteiger partial charge in [-0.1, -0.05) is 0 Å². The molecule has 1 aromatic heterocycles. The van der Waals surface area contributed by atoms with E-state index in [1.807, 2.05) is 30.3 Å². The zero-order chi connectivity index (χ0) is 8.55. The van der Waals surface area contributed by atoms with Crippen LogP contribution in [0.2, 0.25) is 0 Å². The average Bonchev–Trinajstić information content (AvgIpc) is 2.07. The Morgan fingerprint density at radius 3 is 2.83 bits per heavy atom. The van der Waals surface area contributed by atoms with Crippen molar-refractivity contribution in [3.8, 4) is 0 Å². The molecule has 2 nitrogen and oxygen atoms in total. The molecule has 0 fully saturated rings. The fourth-order valence-corrected chi connectivity index (χ4v) is 1.88. The molecule has 0 aliphatic rings. The van der Waals surface area contributed by atoms with Gasteiger partial charge >= 0.3 is 82.7 Å². The molecule has 1 heterocycles. The topological polar surface area (TPSA) is 32.9 Å². The van der Waals surface area contributed by atoms with Crippen LogP contribution in [0.4, 0.5) is 0 Å². The summed E-state index contributed by atoms with van der Waals surface area (Å²) in [6.07, 6.45) is 0. The van der Waals surface area contributed by atoms with E-state index in [2.05, 4.69) is 4.98 Å². The van der Waals surface area contributed by atoms with Crippen LogP contribution < -0.4 is 9.14 Å². The normalized spacial score (nSPS) is 10.4. The number of nitrogens with one attached hydrogen (secondary N) is 1. The van der Waals surface area contributed by atoms with Crippen molar-refractivity contribution in [3.63, 3.8) is 0 Å². The van der Waals surface area contributed by atoms with E-state index in [1.165, 1.54) is 0 Å². The molecule has 0 saturated heterocycles. The van der Waals surface area contributed by atoms with Gasteiger partial charge in [0.25, 0.3) is 0 Å². The third kappa shape index (κ3) is 1.26. The zero-order valence-corrected chi connectivity index (χ0v) is 9.67. The van der Waals surface area contributed by atoms with Gasteiger partial charge in [-0.15, -0.1) is 0 Å². The fourth-order valence-electron chi connectivity index (χ4n) is 1.16. The van der Waals surface area contributed by atoms with Crippen LogP contribution in [0, 0.1) is 0 Å². The molecule has 0 amide bonds. The molecule has 2 radical (unpaired) electrons. The van der Waals surface area contributed by atoms with Crippen molar-refractivity contribution in [3.05, 3.63) is 40.7 Å². The van der Waals surface area contributed by atoms with Crippen molar-refractivity contribution in [1.82, 2.24) is 4.98 Å². The molecule has 0 atom stereocenters. The number of fused-ring (bicyclic) bond motifs is 1. The van der Waals surface area contributed by atoms with Gasteiger partial charge in [-0.25, -0.2) is 0 Å². The number of hydrogen-bond acceptors (Lipinski definition) is 1. The van der Waals surface area contributed by atoms with Gasteiger partial charge < -0.3 is 0 Å². The summed E-state index contributed by atoms with van der Waals surface area (Å²) in [5.74, 6) is 0. The molecule has 0 unspecified atom stereocenters. The van der Waals surface area contributed by atoms with Gasteiger partial charge in [-0.2, -0.15) is 0 Å². The average molecular weight is 264 g/mol. The third-order valence-electron chi connectivity index (χ3n) is 1.78. The molecule has 58 valence electrons. The molecule has 0 saturated carbocycles. The summed E-state index contributed by atoms with van der Waals surface area (Å²) in [7, 11) is 0. The predicted molar refractivity (Wildman–Crippen MR) is 51.4 cm³/mol. The molecule has 0 spiro atoms. The first-order valence-corrected chi connectivity index (χ1v) is 5.30. The van der Waals surface area contributed by atoms with Crippen LogP contribution in [-0.4, -0.2) is 27.5 Å². The Hall–Kier alpha value is -0.771. The molecular formula is C9H7NOSn. The van der Waals surface area contributed by atoms with Crippen molar-refractivity contribution in [2.45, 2.75) is 0 Å². The maximum absolute atomic E-state index is 11.2. The Bertz CT molecular complexity index is 475. The molecular weight excluding hydrogens is 257 g/mol. The van der Waals surface area contributed by atoms with Gasteiger partial charge in [0.15, 0.2) is 0 Å². The van der Waals surface area contributed by atoms with Crippen molar-refractivity contribution < 1.29 is 0 Å². The number of benzene rings is 1. The van der Waals surface area contributed by atoms with E-state index in [0.29, 0.717) is 0 Å². The van der Waals surface area contributed by atoms with Crippen molar-refractivity contribution >= 4 is 37.0 Å². The van der Waals surface area contributed by atoms with E-state index in [0.717, 1.165) is 37.0 Å². The minimum absolute atomic E-state index is 0.0519. The van der Waals surface area contributed by atoms with Crippen molar-refractivity contribution in [2.75, 3.05) is 0 Å². The number of rotatable bonds is 0. The molecule has 1 N–H and O–H groups in total. The van der Waals surface area contributed by atoms with E-state index in [9.17, 15) is 4.79 Å². The summed E-state index contributed by atoms with van der Waals surface area (Å²) in [6, 6.07) is 9.77. The van der Waals surface area contributed by atoms with Crippen LogP contribution >= 0.6 is 0 Å². The van der Waals surface area contributed by atoms with Crippen LogP contribution in [0.15, 0.2) is 35.1 Å². The number of aromatic nitrogens is 1. The maximum atomic E-state index is 11.2. The van der Waals surface area contributed by atoms with Crippen LogP contribution in [0.5, 0.6) is 0 Å². The van der Waals surface area contributed by atoms with E-state index in [4.69, 9.17) is 0 Å². The van der Waals surface area contributed by atoms with E-state index in [1.54, 1.807) is 0 Å². The van der Waals surface area contributed by atoms with E-state index < -0.39 is 0 Å². The van der Waals surface area contributed by atoms with Crippen LogP contribution in [0.1, 0.15) is 0 Å². The second-order valence-corrected chi connectivity index (χ2v) is 4.42. The van der Waals surface area contributed by atoms with Gasteiger partial charge in [0.1, 0.15) is 0 Å². The number of para-hydroxylation sites is 1. The Labute approximate surface area is 82.7 Å². The third-order valence-corrected chi connectivity index (χ3v) is 3.01. The second-order valence-electron chi connectivity index (χ2n) is 2.64. The van der Waals surface area contributed by atoms with Crippen LogP contribution in [0.25, 0.3) is 10.9 Å². The quantitative estimate of drug-likeness (QED) is 0.670. The van der Waals surface area contributed by atoms with Crippen molar-refractivity contribution in [2.24, 2.45) is 0 Å². The van der Waals surface area contributed by atoms with Gasteiger partial charge in [0.05, 0.1) is 0 Å². The first kappa shape index (κ1) is 7.86. The van der Waals surface area contributed by atoms with Gasteiger partial charge in [-0.05, 0) is 0 Å². The summed E-state index contributed by atoms with van der Waals surface area (Å²) >= 11 is 0.867. The number of hydrogen-bond donors (Lipinski definition) is 1. The van der Waals surface area contributed by atoms with E-state index >= 15 is 0 Å². The molecule has 0 aliphatic carbocycles. The van der Waals surface area contributed by atoms with E-state index in [-0.39, 0.29) is 5.56 Å². The predicted octanol–water partition coefficient (Wildman–Crippen LogP) is 0.0542. The molecule has 0 bridgehead atoms. The summed E-state index contributed by atoms with van der Waals surface area (Å²) in [4.78, 5) is 14.0. The Kier molecular flexibility index (Phi) is 1.92. The Morgan fingerprint density at radius 1 is 1.25 bits per heavy atom. The summed E-state index contributed by atoms with van der Waals surface area (Å²) in [6.45, 7) is 0. The molecule has 2 aromatic rings. The molecule has 0 aliphatic heterocycles. The number of pyridine rings is 1. The first-order chi connectivity index (χ1) is 5.77. The fraction of sp³-hybridized carbons (Fsp3) is 0. The summed E-state index contributed by atoms with van der Waals surface area (Å²) < 4.78 is 0.888. The first-order valence-electron chi connectivity index (χ1n) is 3.65. The van der Waals surface area contributed by atoms with Gasteiger partial charge in [0, 0.05) is 0 Å².